The number of imidazole rings is 1. The summed E-state index contributed by atoms with van der Waals surface area (Å²) in [5.41, 5.74) is 2.41. The Hall–Kier alpha value is -1.69. The van der Waals surface area contributed by atoms with Crippen molar-refractivity contribution < 1.29 is 4.74 Å². The Morgan fingerprint density at radius 1 is 1.33 bits per heavy atom. The van der Waals surface area contributed by atoms with Crippen molar-refractivity contribution in [3.05, 3.63) is 48.5 Å². The second kappa shape index (κ2) is 6.85. The van der Waals surface area contributed by atoms with E-state index in [1.54, 1.807) is 6.20 Å². The van der Waals surface area contributed by atoms with Crippen LogP contribution in [0, 0.1) is 0 Å². The van der Waals surface area contributed by atoms with Crippen molar-refractivity contribution in [2.45, 2.75) is 12.6 Å². The first-order chi connectivity index (χ1) is 10.3. The van der Waals surface area contributed by atoms with Crippen molar-refractivity contribution >= 4 is 0 Å². The van der Waals surface area contributed by atoms with Crippen molar-refractivity contribution in [1.29, 1.82) is 0 Å². The second-order valence-electron chi connectivity index (χ2n) is 5.52. The summed E-state index contributed by atoms with van der Waals surface area (Å²) in [5, 5.41) is 3.48. The highest BCUT2D eigenvalue weighted by Crippen LogP contribution is 2.09. The van der Waals surface area contributed by atoms with Crippen molar-refractivity contribution in [1.82, 2.24) is 19.8 Å². The molecule has 1 N–H and O–H groups in total. The van der Waals surface area contributed by atoms with Crippen LogP contribution < -0.4 is 5.32 Å². The molecule has 0 unspecified atom stereocenters. The molecule has 5 heteroatoms. The van der Waals surface area contributed by atoms with Gasteiger partial charge >= 0.3 is 0 Å². The number of aromatic nitrogens is 2. The number of hydrogen-bond donors (Lipinski definition) is 1. The van der Waals surface area contributed by atoms with Gasteiger partial charge < -0.3 is 19.5 Å². The van der Waals surface area contributed by atoms with Crippen LogP contribution in [0.2, 0.25) is 0 Å². The van der Waals surface area contributed by atoms with Gasteiger partial charge in [-0.05, 0) is 24.7 Å². The van der Waals surface area contributed by atoms with E-state index in [-0.39, 0.29) is 0 Å². The maximum atomic E-state index is 5.74. The SMILES string of the molecule is CN1CCO[C@@H](CNCc2ccc(-n3ccnc3)cc2)C1. The first-order valence-corrected chi connectivity index (χ1v) is 7.39. The van der Waals surface area contributed by atoms with Crippen LogP contribution in [-0.4, -0.2) is 53.8 Å². The Labute approximate surface area is 125 Å². The van der Waals surface area contributed by atoms with Crippen LogP contribution in [0.4, 0.5) is 0 Å². The maximum absolute atomic E-state index is 5.74. The third kappa shape index (κ3) is 3.91. The number of ether oxygens (including phenoxy) is 1. The Morgan fingerprint density at radius 3 is 2.90 bits per heavy atom. The summed E-state index contributed by atoms with van der Waals surface area (Å²) in [6.07, 6.45) is 5.85. The molecule has 0 amide bonds. The van der Waals surface area contributed by atoms with Gasteiger partial charge in [0.25, 0.3) is 0 Å². The summed E-state index contributed by atoms with van der Waals surface area (Å²) in [7, 11) is 2.14. The van der Waals surface area contributed by atoms with Crippen molar-refractivity contribution in [2.24, 2.45) is 0 Å². The lowest BCUT2D eigenvalue weighted by atomic mass is 10.2. The first kappa shape index (κ1) is 14.3. The Kier molecular flexibility index (Phi) is 4.65. The van der Waals surface area contributed by atoms with Gasteiger partial charge in [0.2, 0.25) is 0 Å². The van der Waals surface area contributed by atoms with E-state index in [1.807, 2.05) is 17.1 Å². The van der Waals surface area contributed by atoms with Gasteiger partial charge in [0.05, 0.1) is 19.0 Å². The lowest BCUT2D eigenvalue weighted by molar-refractivity contribution is -0.0182. The van der Waals surface area contributed by atoms with Gasteiger partial charge in [-0.15, -0.1) is 0 Å². The van der Waals surface area contributed by atoms with Gasteiger partial charge in [-0.25, -0.2) is 4.98 Å². The molecule has 0 bridgehead atoms. The van der Waals surface area contributed by atoms with Crippen LogP contribution in [-0.2, 0) is 11.3 Å². The van der Waals surface area contributed by atoms with E-state index < -0.39 is 0 Å². The quantitative estimate of drug-likeness (QED) is 0.899. The van der Waals surface area contributed by atoms with Crippen LogP contribution in [0.25, 0.3) is 5.69 Å². The molecule has 1 fully saturated rings. The minimum Gasteiger partial charge on any atom is -0.374 e. The topological polar surface area (TPSA) is 42.3 Å². The van der Waals surface area contributed by atoms with Crippen LogP contribution in [0.15, 0.2) is 43.0 Å². The molecule has 3 rings (SSSR count). The van der Waals surface area contributed by atoms with Crippen LogP contribution in [0.5, 0.6) is 0 Å². The third-order valence-electron chi connectivity index (χ3n) is 3.78. The van der Waals surface area contributed by atoms with Gasteiger partial charge in [0.15, 0.2) is 0 Å². The number of rotatable bonds is 5. The molecule has 1 aromatic carbocycles. The highest BCUT2D eigenvalue weighted by Gasteiger charge is 2.16. The lowest BCUT2D eigenvalue weighted by Crippen LogP contribution is -2.44. The molecule has 0 saturated carbocycles. The number of nitrogens with zero attached hydrogens (tertiary/aromatic N) is 3. The van der Waals surface area contributed by atoms with E-state index in [2.05, 4.69) is 46.5 Å². The number of nitrogens with one attached hydrogen (secondary N) is 1. The summed E-state index contributed by atoms with van der Waals surface area (Å²) in [5.74, 6) is 0. The molecule has 1 atom stereocenters. The fourth-order valence-electron chi connectivity index (χ4n) is 2.57. The van der Waals surface area contributed by atoms with Gasteiger partial charge in [0, 0.05) is 44.3 Å². The lowest BCUT2D eigenvalue weighted by Gasteiger charge is -2.30. The molecule has 1 aliphatic heterocycles. The standard InChI is InChI=1S/C16H22N4O/c1-19-8-9-21-16(12-19)11-18-10-14-2-4-15(5-3-14)20-7-6-17-13-20/h2-7,13,16,18H,8-12H2,1H3/t16-/m0/s1. The highest BCUT2D eigenvalue weighted by molar-refractivity contribution is 5.34. The molecule has 1 aromatic heterocycles. The zero-order valence-electron chi connectivity index (χ0n) is 12.4. The zero-order valence-corrected chi connectivity index (χ0v) is 12.4. The van der Waals surface area contributed by atoms with E-state index in [4.69, 9.17) is 4.74 Å². The molecule has 2 aromatic rings. The molecular formula is C16H22N4O. The number of likely N-dealkylation sites (N-methyl/N-ethyl adjacent to an activating group) is 1. The van der Waals surface area contributed by atoms with E-state index in [0.29, 0.717) is 6.10 Å². The number of benzene rings is 1. The van der Waals surface area contributed by atoms with Crippen LogP contribution in [0.1, 0.15) is 5.56 Å². The van der Waals surface area contributed by atoms with Crippen molar-refractivity contribution in [2.75, 3.05) is 33.3 Å². The van der Waals surface area contributed by atoms with E-state index in [1.165, 1.54) is 5.56 Å². The van der Waals surface area contributed by atoms with E-state index >= 15 is 0 Å². The summed E-state index contributed by atoms with van der Waals surface area (Å²) in [6.45, 7) is 4.64. The average molecular weight is 286 g/mol. The Balaban J connectivity index is 1.47. The van der Waals surface area contributed by atoms with Gasteiger partial charge in [-0.1, -0.05) is 12.1 Å². The number of hydrogen-bond acceptors (Lipinski definition) is 4. The predicted octanol–water partition coefficient (Wildman–Crippen LogP) is 1.29. The zero-order chi connectivity index (χ0) is 14.5. The van der Waals surface area contributed by atoms with Gasteiger partial charge in [-0.3, -0.25) is 0 Å². The van der Waals surface area contributed by atoms with E-state index in [9.17, 15) is 0 Å². The van der Waals surface area contributed by atoms with Gasteiger partial charge in [-0.2, -0.15) is 0 Å². The predicted molar refractivity (Wildman–Crippen MR) is 82.5 cm³/mol. The average Bonchev–Trinajstić information content (AvgIpc) is 3.02. The second-order valence-corrected chi connectivity index (χ2v) is 5.52. The molecule has 0 aliphatic carbocycles. The Morgan fingerprint density at radius 2 is 2.19 bits per heavy atom. The third-order valence-corrected chi connectivity index (χ3v) is 3.78. The molecule has 5 nitrogen and oxygen atoms in total. The van der Waals surface area contributed by atoms with Crippen molar-refractivity contribution in [3.63, 3.8) is 0 Å². The maximum Gasteiger partial charge on any atom is 0.0991 e. The number of morpholine rings is 1. The normalized spacial score (nSPS) is 19.8. The van der Waals surface area contributed by atoms with Crippen LogP contribution in [0.3, 0.4) is 0 Å². The summed E-state index contributed by atoms with van der Waals surface area (Å²) in [6, 6.07) is 8.53. The molecule has 1 saturated heterocycles. The summed E-state index contributed by atoms with van der Waals surface area (Å²) < 4.78 is 7.74. The molecule has 0 radical (unpaired) electrons. The highest BCUT2D eigenvalue weighted by atomic mass is 16.5. The first-order valence-electron chi connectivity index (χ1n) is 7.39. The van der Waals surface area contributed by atoms with Crippen molar-refractivity contribution in [3.8, 4) is 5.69 Å². The fourth-order valence-corrected chi connectivity index (χ4v) is 2.57. The molecule has 2 heterocycles. The minimum atomic E-state index is 0.300. The summed E-state index contributed by atoms with van der Waals surface area (Å²) in [4.78, 5) is 6.38. The monoisotopic (exact) mass is 286 g/mol. The molecule has 1 aliphatic rings. The largest absolute Gasteiger partial charge is 0.374 e. The Bertz CT molecular complexity index is 538. The molecule has 0 spiro atoms. The van der Waals surface area contributed by atoms with Gasteiger partial charge in [0.1, 0.15) is 0 Å². The van der Waals surface area contributed by atoms with E-state index in [0.717, 1.165) is 38.5 Å². The molecular weight excluding hydrogens is 264 g/mol. The minimum absolute atomic E-state index is 0.300. The van der Waals surface area contributed by atoms with Crippen LogP contribution >= 0.6 is 0 Å². The smallest absolute Gasteiger partial charge is 0.0991 e. The fraction of sp³-hybridized carbons (Fsp3) is 0.438. The molecule has 112 valence electrons. The molecule has 21 heavy (non-hydrogen) atoms. The summed E-state index contributed by atoms with van der Waals surface area (Å²) >= 11 is 0.